The zero-order chi connectivity index (χ0) is 15.1. The number of piperidine rings is 1. The number of aryl methyl sites for hydroxylation is 1. The standard InChI is InChI=1S/C17H28N2O2/c1-14-6-7-17(15(11-14)12-18-8-10-20-2)19-9-4-5-16(13-19)21-3/h6-7,11,16,18H,4-5,8-10,12-13H2,1-3H3. The number of nitrogens with one attached hydrogen (secondary N) is 1. The molecule has 1 unspecified atom stereocenters. The van der Waals surface area contributed by atoms with Crippen LogP contribution >= 0.6 is 0 Å². The van der Waals surface area contributed by atoms with Crippen molar-refractivity contribution in [3.05, 3.63) is 29.3 Å². The lowest BCUT2D eigenvalue weighted by molar-refractivity contribution is 0.0893. The first-order chi connectivity index (χ1) is 10.2. The highest BCUT2D eigenvalue weighted by Crippen LogP contribution is 2.26. The van der Waals surface area contributed by atoms with Crippen LogP contribution in [-0.4, -0.2) is 46.6 Å². The van der Waals surface area contributed by atoms with Gasteiger partial charge in [0.15, 0.2) is 0 Å². The number of benzene rings is 1. The van der Waals surface area contributed by atoms with E-state index in [1.807, 2.05) is 7.11 Å². The summed E-state index contributed by atoms with van der Waals surface area (Å²) in [5.41, 5.74) is 4.01. The van der Waals surface area contributed by atoms with Crippen LogP contribution in [0.15, 0.2) is 18.2 Å². The van der Waals surface area contributed by atoms with Crippen molar-refractivity contribution >= 4 is 5.69 Å². The largest absolute Gasteiger partial charge is 0.383 e. The van der Waals surface area contributed by atoms with Gasteiger partial charge in [0.1, 0.15) is 0 Å². The number of hydrogen-bond donors (Lipinski definition) is 1. The number of anilines is 1. The van der Waals surface area contributed by atoms with Crippen molar-refractivity contribution in [1.82, 2.24) is 5.32 Å². The second-order valence-corrected chi connectivity index (χ2v) is 5.75. The monoisotopic (exact) mass is 292 g/mol. The van der Waals surface area contributed by atoms with Gasteiger partial charge in [-0.15, -0.1) is 0 Å². The van der Waals surface area contributed by atoms with E-state index >= 15 is 0 Å². The molecule has 4 nitrogen and oxygen atoms in total. The predicted octanol–water partition coefficient (Wildman–Crippen LogP) is 2.35. The van der Waals surface area contributed by atoms with E-state index in [-0.39, 0.29) is 0 Å². The van der Waals surface area contributed by atoms with E-state index < -0.39 is 0 Å². The summed E-state index contributed by atoms with van der Waals surface area (Å²) in [5, 5.41) is 3.45. The molecule has 1 atom stereocenters. The van der Waals surface area contributed by atoms with Crippen LogP contribution < -0.4 is 10.2 Å². The summed E-state index contributed by atoms with van der Waals surface area (Å²) in [6.07, 6.45) is 2.72. The zero-order valence-electron chi connectivity index (χ0n) is 13.5. The normalized spacial score (nSPS) is 19.0. The summed E-state index contributed by atoms with van der Waals surface area (Å²) in [4.78, 5) is 2.46. The quantitative estimate of drug-likeness (QED) is 0.782. The average molecular weight is 292 g/mol. The van der Waals surface area contributed by atoms with Gasteiger partial charge in [-0.1, -0.05) is 17.7 Å². The van der Waals surface area contributed by atoms with Crippen LogP contribution in [0.2, 0.25) is 0 Å². The lowest BCUT2D eigenvalue weighted by Gasteiger charge is -2.35. The molecule has 0 aromatic heterocycles. The molecule has 1 aromatic rings. The van der Waals surface area contributed by atoms with Crippen LogP contribution in [0.25, 0.3) is 0 Å². The van der Waals surface area contributed by atoms with E-state index in [4.69, 9.17) is 9.47 Å². The topological polar surface area (TPSA) is 33.7 Å². The van der Waals surface area contributed by atoms with Crippen LogP contribution in [-0.2, 0) is 16.0 Å². The molecular formula is C17H28N2O2. The Morgan fingerprint density at radius 3 is 2.95 bits per heavy atom. The van der Waals surface area contributed by atoms with Crippen molar-refractivity contribution in [2.75, 3.05) is 45.4 Å². The molecule has 21 heavy (non-hydrogen) atoms. The van der Waals surface area contributed by atoms with Crippen molar-refractivity contribution in [2.45, 2.75) is 32.4 Å². The molecule has 1 aliphatic rings. The van der Waals surface area contributed by atoms with Gasteiger partial charge in [0, 0.05) is 46.1 Å². The van der Waals surface area contributed by atoms with Gasteiger partial charge < -0.3 is 19.7 Å². The number of hydrogen-bond acceptors (Lipinski definition) is 4. The molecule has 0 amide bonds. The van der Waals surface area contributed by atoms with E-state index in [9.17, 15) is 0 Å². The Labute approximate surface area is 128 Å². The van der Waals surface area contributed by atoms with Crippen LogP contribution in [0.1, 0.15) is 24.0 Å². The zero-order valence-corrected chi connectivity index (χ0v) is 13.5. The van der Waals surface area contributed by atoms with E-state index in [1.54, 1.807) is 7.11 Å². The molecular weight excluding hydrogens is 264 g/mol. The molecule has 0 radical (unpaired) electrons. The molecule has 0 spiro atoms. The lowest BCUT2D eigenvalue weighted by atomic mass is 10.0. The van der Waals surface area contributed by atoms with E-state index in [0.29, 0.717) is 6.10 Å². The first-order valence-corrected chi connectivity index (χ1v) is 7.81. The third-order valence-electron chi connectivity index (χ3n) is 4.09. The first kappa shape index (κ1) is 16.3. The van der Waals surface area contributed by atoms with E-state index in [1.165, 1.54) is 29.7 Å². The van der Waals surface area contributed by atoms with Gasteiger partial charge in [0.05, 0.1) is 12.7 Å². The first-order valence-electron chi connectivity index (χ1n) is 7.81. The maximum Gasteiger partial charge on any atom is 0.0746 e. The van der Waals surface area contributed by atoms with Crippen LogP contribution in [0, 0.1) is 6.92 Å². The van der Waals surface area contributed by atoms with Crippen LogP contribution in [0.5, 0.6) is 0 Å². The van der Waals surface area contributed by atoms with Crippen LogP contribution in [0.4, 0.5) is 5.69 Å². The third-order valence-corrected chi connectivity index (χ3v) is 4.09. The summed E-state index contributed by atoms with van der Waals surface area (Å²) >= 11 is 0. The van der Waals surface area contributed by atoms with E-state index in [2.05, 4.69) is 35.3 Å². The summed E-state index contributed by atoms with van der Waals surface area (Å²) in [7, 11) is 3.55. The fraction of sp³-hybridized carbons (Fsp3) is 0.647. The maximum absolute atomic E-state index is 5.55. The maximum atomic E-state index is 5.55. The molecule has 1 saturated heterocycles. The summed E-state index contributed by atoms with van der Waals surface area (Å²) in [5.74, 6) is 0. The van der Waals surface area contributed by atoms with Crippen molar-refractivity contribution in [3.63, 3.8) is 0 Å². The number of ether oxygens (including phenoxy) is 2. The predicted molar refractivity (Wildman–Crippen MR) is 87.0 cm³/mol. The summed E-state index contributed by atoms with van der Waals surface area (Å²) in [6.45, 7) is 6.77. The second-order valence-electron chi connectivity index (χ2n) is 5.75. The lowest BCUT2D eigenvalue weighted by Crippen LogP contribution is -2.40. The molecule has 4 heteroatoms. The Hall–Kier alpha value is -1.10. The Morgan fingerprint density at radius 1 is 1.33 bits per heavy atom. The Morgan fingerprint density at radius 2 is 2.19 bits per heavy atom. The van der Waals surface area contributed by atoms with E-state index in [0.717, 1.165) is 32.8 Å². The molecule has 1 heterocycles. The van der Waals surface area contributed by atoms with Crippen molar-refractivity contribution < 1.29 is 9.47 Å². The number of rotatable bonds is 7. The Balaban J connectivity index is 2.06. The van der Waals surface area contributed by atoms with Gasteiger partial charge in [-0.25, -0.2) is 0 Å². The summed E-state index contributed by atoms with van der Waals surface area (Å²) in [6, 6.07) is 6.73. The highest BCUT2D eigenvalue weighted by atomic mass is 16.5. The number of nitrogens with zero attached hydrogens (tertiary/aromatic N) is 1. The minimum atomic E-state index is 0.356. The van der Waals surface area contributed by atoms with Crippen LogP contribution in [0.3, 0.4) is 0 Å². The Kier molecular flexibility index (Phi) is 6.49. The molecule has 0 saturated carbocycles. The van der Waals surface area contributed by atoms with Gasteiger partial charge >= 0.3 is 0 Å². The SMILES string of the molecule is COCCNCc1cc(C)ccc1N1CCCC(OC)C1. The van der Waals surface area contributed by atoms with Gasteiger partial charge in [-0.05, 0) is 31.4 Å². The molecule has 1 fully saturated rings. The molecule has 118 valence electrons. The van der Waals surface area contributed by atoms with Gasteiger partial charge in [0.25, 0.3) is 0 Å². The third kappa shape index (κ3) is 4.70. The average Bonchev–Trinajstić information content (AvgIpc) is 2.52. The highest BCUT2D eigenvalue weighted by Gasteiger charge is 2.21. The van der Waals surface area contributed by atoms with Gasteiger partial charge in [-0.2, -0.15) is 0 Å². The van der Waals surface area contributed by atoms with Gasteiger partial charge in [0.2, 0.25) is 0 Å². The second kappa shape index (κ2) is 8.37. The smallest absolute Gasteiger partial charge is 0.0746 e. The molecule has 2 rings (SSSR count). The molecule has 0 aliphatic carbocycles. The minimum Gasteiger partial charge on any atom is -0.383 e. The van der Waals surface area contributed by atoms with Crippen molar-refractivity contribution in [1.29, 1.82) is 0 Å². The molecule has 0 bridgehead atoms. The number of methoxy groups -OCH3 is 2. The summed E-state index contributed by atoms with van der Waals surface area (Å²) < 4.78 is 10.6. The molecule has 1 N–H and O–H groups in total. The fourth-order valence-corrected chi connectivity index (χ4v) is 2.91. The minimum absolute atomic E-state index is 0.356. The van der Waals surface area contributed by atoms with Gasteiger partial charge in [-0.3, -0.25) is 0 Å². The van der Waals surface area contributed by atoms with Crippen molar-refractivity contribution in [3.8, 4) is 0 Å². The Bertz CT molecular complexity index is 437. The molecule has 1 aromatic carbocycles. The fourth-order valence-electron chi connectivity index (χ4n) is 2.91. The van der Waals surface area contributed by atoms with Crippen molar-refractivity contribution in [2.24, 2.45) is 0 Å². The molecule has 1 aliphatic heterocycles. The highest BCUT2D eigenvalue weighted by molar-refractivity contribution is 5.55.